The van der Waals surface area contributed by atoms with Gasteiger partial charge in [0.05, 0.1) is 0 Å². The molecule has 0 saturated heterocycles. The van der Waals surface area contributed by atoms with Crippen molar-refractivity contribution in [3.63, 3.8) is 0 Å². The van der Waals surface area contributed by atoms with Gasteiger partial charge in [-0.1, -0.05) is 36.7 Å². The third-order valence-electron chi connectivity index (χ3n) is 1.45. The van der Waals surface area contributed by atoms with Gasteiger partial charge < -0.3 is 8.85 Å². The van der Waals surface area contributed by atoms with Crippen molar-refractivity contribution < 1.29 is 8.85 Å². The van der Waals surface area contributed by atoms with E-state index in [0.717, 1.165) is 21.7 Å². The lowest BCUT2D eigenvalue weighted by molar-refractivity contribution is 0.465. The molecule has 0 aromatic heterocycles. The summed E-state index contributed by atoms with van der Waals surface area (Å²) in [4.78, 5) is 0. The normalized spacial score (nSPS) is 12.1. The fourth-order valence-corrected chi connectivity index (χ4v) is 5.51. The molecular formula is C12H26O2S2Si2. The minimum Gasteiger partial charge on any atom is -0.540 e. The van der Waals surface area contributed by atoms with Crippen molar-refractivity contribution in [1.82, 2.24) is 0 Å². The molecule has 18 heavy (non-hydrogen) atoms. The summed E-state index contributed by atoms with van der Waals surface area (Å²) in [6.45, 7) is 20.9. The van der Waals surface area contributed by atoms with Gasteiger partial charge in [-0.3, -0.25) is 0 Å². The molecule has 0 fully saturated rings. The van der Waals surface area contributed by atoms with Crippen molar-refractivity contribution >= 4 is 40.2 Å². The van der Waals surface area contributed by atoms with Gasteiger partial charge in [0.2, 0.25) is 16.6 Å². The van der Waals surface area contributed by atoms with E-state index in [1.807, 2.05) is 0 Å². The van der Waals surface area contributed by atoms with Crippen LogP contribution in [0.5, 0.6) is 0 Å². The zero-order valence-electron chi connectivity index (χ0n) is 12.5. The summed E-state index contributed by atoms with van der Waals surface area (Å²) >= 11 is 3.35. The Morgan fingerprint density at radius 1 is 0.778 bits per heavy atom. The van der Waals surface area contributed by atoms with Crippen molar-refractivity contribution in [1.29, 1.82) is 0 Å². The topological polar surface area (TPSA) is 18.5 Å². The fourth-order valence-electron chi connectivity index (χ4n) is 1.05. The molecule has 0 aromatic carbocycles. The summed E-state index contributed by atoms with van der Waals surface area (Å²) < 4.78 is 11.6. The lowest BCUT2D eigenvalue weighted by Gasteiger charge is -2.21. The molecule has 0 atom stereocenters. The zero-order valence-corrected chi connectivity index (χ0v) is 16.1. The predicted molar refractivity (Wildman–Crippen MR) is 92.1 cm³/mol. The predicted octanol–water partition coefficient (Wildman–Crippen LogP) is 5.10. The molecule has 106 valence electrons. The van der Waals surface area contributed by atoms with Gasteiger partial charge in [0.15, 0.2) is 0 Å². The molecule has 0 amide bonds. The lowest BCUT2D eigenvalue weighted by Crippen LogP contribution is -2.24. The Morgan fingerprint density at radius 3 is 1.28 bits per heavy atom. The van der Waals surface area contributed by atoms with Gasteiger partial charge in [-0.05, 0) is 39.3 Å². The highest BCUT2D eigenvalue weighted by molar-refractivity contribution is 8.06. The molecule has 0 spiro atoms. The van der Waals surface area contributed by atoms with E-state index in [4.69, 9.17) is 8.85 Å². The zero-order chi connectivity index (χ0) is 14.4. The van der Waals surface area contributed by atoms with E-state index in [1.54, 1.807) is 23.5 Å². The van der Waals surface area contributed by atoms with Gasteiger partial charge in [-0.15, -0.1) is 0 Å². The summed E-state index contributed by atoms with van der Waals surface area (Å²) in [7, 11) is -3.00. The Hall–Kier alpha value is 0.214. The van der Waals surface area contributed by atoms with E-state index in [1.165, 1.54) is 0 Å². The van der Waals surface area contributed by atoms with Crippen LogP contribution in [0.3, 0.4) is 0 Å². The lowest BCUT2D eigenvalue weighted by atomic mass is 11.0. The monoisotopic (exact) mass is 322 g/mol. The van der Waals surface area contributed by atoms with Crippen LogP contribution in [0, 0.1) is 0 Å². The molecule has 0 heterocycles. The SMILES string of the molecule is C=C(O[Si](C)(C)C)SCCSC(=C)O[Si](C)(C)C. The van der Waals surface area contributed by atoms with E-state index in [0.29, 0.717) is 0 Å². The molecule has 0 N–H and O–H groups in total. The molecular weight excluding hydrogens is 296 g/mol. The molecule has 6 heteroatoms. The largest absolute Gasteiger partial charge is 0.540 e. The van der Waals surface area contributed by atoms with E-state index < -0.39 is 16.6 Å². The first kappa shape index (κ1) is 18.2. The van der Waals surface area contributed by atoms with Gasteiger partial charge in [-0.25, -0.2) is 0 Å². The van der Waals surface area contributed by atoms with Crippen LogP contribution in [-0.4, -0.2) is 28.1 Å². The number of rotatable bonds is 9. The molecule has 0 radical (unpaired) electrons. The second-order valence-electron chi connectivity index (χ2n) is 5.87. The van der Waals surface area contributed by atoms with Gasteiger partial charge in [-0.2, -0.15) is 0 Å². The highest BCUT2D eigenvalue weighted by atomic mass is 32.2. The van der Waals surface area contributed by atoms with Crippen LogP contribution in [0.1, 0.15) is 0 Å². The van der Waals surface area contributed by atoms with Gasteiger partial charge in [0, 0.05) is 11.5 Å². The maximum absolute atomic E-state index is 5.78. The summed E-state index contributed by atoms with van der Waals surface area (Å²) in [5.74, 6) is 1.95. The van der Waals surface area contributed by atoms with Crippen LogP contribution in [0.2, 0.25) is 39.3 Å². The summed E-state index contributed by atoms with van der Waals surface area (Å²) in [5.41, 5.74) is 0. The first-order valence-electron chi connectivity index (χ1n) is 6.01. The van der Waals surface area contributed by atoms with Crippen LogP contribution in [0.25, 0.3) is 0 Å². The third-order valence-corrected chi connectivity index (χ3v) is 5.35. The molecule has 0 aromatic rings. The Morgan fingerprint density at radius 2 is 1.06 bits per heavy atom. The summed E-state index contributed by atoms with van der Waals surface area (Å²) in [6.07, 6.45) is 0. The Balaban J connectivity index is 3.69. The Kier molecular flexibility index (Phi) is 7.81. The number of hydrogen-bond donors (Lipinski definition) is 0. The van der Waals surface area contributed by atoms with E-state index in [-0.39, 0.29) is 0 Å². The molecule has 2 nitrogen and oxygen atoms in total. The fraction of sp³-hybridized carbons (Fsp3) is 0.667. The van der Waals surface area contributed by atoms with Gasteiger partial charge in [0.25, 0.3) is 0 Å². The highest BCUT2D eigenvalue weighted by Crippen LogP contribution is 2.24. The van der Waals surface area contributed by atoms with Gasteiger partial charge >= 0.3 is 0 Å². The molecule has 0 aliphatic rings. The smallest absolute Gasteiger partial charge is 0.242 e. The second-order valence-corrected chi connectivity index (χ2v) is 17.0. The van der Waals surface area contributed by atoms with Crippen molar-refractivity contribution in [3.05, 3.63) is 23.3 Å². The molecule has 0 rings (SSSR count). The van der Waals surface area contributed by atoms with E-state index >= 15 is 0 Å². The first-order valence-corrected chi connectivity index (χ1v) is 14.8. The number of thioether (sulfide) groups is 2. The van der Waals surface area contributed by atoms with Crippen molar-refractivity contribution in [2.45, 2.75) is 39.3 Å². The molecule has 0 saturated carbocycles. The second kappa shape index (κ2) is 7.72. The quantitative estimate of drug-likeness (QED) is 0.334. The summed E-state index contributed by atoms with van der Waals surface area (Å²) in [6, 6.07) is 0. The average Bonchev–Trinajstić information content (AvgIpc) is 2.06. The minimum atomic E-state index is -1.50. The molecule has 0 unspecified atom stereocenters. The highest BCUT2D eigenvalue weighted by Gasteiger charge is 2.18. The molecule has 0 aliphatic carbocycles. The standard InChI is InChI=1S/C12H26O2S2Si2/c1-11(13-17(3,4)5)15-9-10-16-12(2)14-18(6,7)8/h1-2,9-10H2,3-8H3. The minimum absolute atomic E-state index is 0.839. The van der Waals surface area contributed by atoms with E-state index in [9.17, 15) is 0 Å². The van der Waals surface area contributed by atoms with Crippen LogP contribution in [0.15, 0.2) is 23.3 Å². The van der Waals surface area contributed by atoms with Crippen LogP contribution >= 0.6 is 23.5 Å². The van der Waals surface area contributed by atoms with Gasteiger partial charge in [0.1, 0.15) is 10.2 Å². The maximum Gasteiger partial charge on any atom is 0.242 e. The van der Waals surface area contributed by atoms with Crippen molar-refractivity contribution in [2.75, 3.05) is 11.5 Å². The van der Waals surface area contributed by atoms with Crippen molar-refractivity contribution in [2.24, 2.45) is 0 Å². The van der Waals surface area contributed by atoms with Crippen molar-refractivity contribution in [3.8, 4) is 0 Å². The molecule has 0 bridgehead atoms. The Bertz CT molecular complexity index is 263. The number of hydrogen-bond acceptors (Lipinski definition) is 4. The third kappa shape index (κ3) is 12.7. The van der Waals surface area contributed by atoms with Crippen LogP contribution < -0.4 is 0 Å². The maximum atomic E-state index is 5.78. The first-order chi connectivity index (χ1) is 7.99. The summed E-state index contributed by atoms with van der Waals surface area (Å²) in [5, 5.41) is 1.68. The average molecular weight is 323 g/mol. The van der Waals surface area contributed by atoms with Crippen LogP contribution in [0.4, 0.5) is 0 Å². The molecule has 0 aliphatic heterocycles. The van der Waals surface area contributed by atoms with Crippen LogP contribution in [-0.2, 0) is 8.85 Å². The Labute approximate surface area is 123 Å². The van der Waals surface area contributed by atoms with E-state index in [2.05, 4.69) is 52.4 Å².